The van der Waals surface area contributed by atoms with Gasteiger partial charge in [0.25, 0.3) is 0 Å². The van der Waals surface area contributed by atoms with Gasteiger partial charge < -0.3 is 8.83 Å². The smallest absolute Gasteiger partial charge is 0.147 e. The fraction of sp³-hybridized carbons (Fsp3) is 0. The molecule has 0 aliphatic heterocycles. The molecule has 0 atom stereocenters. The maximum atomic E-state index is 6.81. The fourth-order valence-electron chi connectivity index (χ4n) is 6.21. The van der Waals surface area contributed by atoms with Crippen molar-refractivity contribution in [2.24, 2.45) is 0 Å². The van der Waals surface area contributed by atoms with E-state index in [9.17, 15) is 0 Å². The van der Waals surface area contributed by atoms with Crippen LogP contribution in [0.25, 0.3) is 87.8 Å². The van der Waals surface area contributed by atoms with Gasteiger partial charge in [-0.05, 0) is 46.7 Å². The molecule has 3 heterocycles. The van der Waals surface area contributed by atoms with Crippen molar-refractivity contribution in [2.45, 2.75) is 0 Å². The molecule has 0 saturated carbocycles. The molecule has 0 N–H and O–H groups in total. The van der Waals surface area contributed by atoms with E-state index in [-0.39, 0.29) is 0 Å². The molecule has 9 aromatic rings. The maximum absolute atomic E-state index is 6.81. The lowest BCUT2D eigenvalue weighted by molar-refractivity contribution is 0.661. The van der Waals surface area contributed by atoms with Gasteiger partial charge in [0.1, 0.15) is 22.3 Å². The van der Waals surface area contributed by atoms with E-state index in [0.29, 0.717) is 0 Å². The number of furan rings is 2. The third-order valence-corrected chi connectivity index (χ3v) is 8.10. The van der Waals surface area contributed by atoms with Gasteiger partial charge in [-0.15, -0.1) is 0 Å². The molecule has 0 bridgehead atoms. The Morgan fingerprint density at radius 2 is 0.975 bits per heavy atom. The first-order valence-corrected chi connectivity index (χ1v) is 13.5. The summed E-state index contributed by atoms with van der Waals surface area (Å²) < 4.78 is 13.6. The van der Waals surface area contributed by atoms with Crippen LogP contribution in [-0.2, 0) is 0 Å². The number of benzene rings is 6. The zero-order chi connectivity index (χ0) is 26.2. The number of nitrogens with zero attached hydrogens (tertiary/aromatic N) is 1. The molecule has 0 unspecified atom stereocenters. The number of aromatic nitrogens is 1. The second kappa shape index (κ2) is 8.05. The lowest BCUT2D eigenvalue weighted by Gasteiger charge is -2.07. The van der Waals surface area contributed by atoms with Crippen LogP contribution in [0, 0.1) is 0 Å². The van der Waals surface area contributed by atoms with Gasteiger partial charge >= 0.3 is 0 Å². The highest BCUT2D eigenvalue weighted by molar-refractivity contribution is 6.26. The number of pyridine rings is 1. The minimum Gasteiger partial charge on any atom is -0.455 e. The molecule has 0 amide bonds. The van der Waals surface area contributed by atoms with E-state index in [1.807, 2.05) is 24.4 Å². The van der Waals surface area contributed by atoms with Crippen LogP contribution in [0.15, 0.2) is 136 Å². The number of fused-ring (bicyclic) bond motifs is 10. The molecule has 9 rings (SSSR count). The number of hydrogen-bond acceptors (Lipinski definition) is 3. The van der Waals surface area contributed by atoms with Crippen LogP contribution >= 0.6 is 0 Å². The Bertz CT molecular complexity index is 2300. The van der Waals surface area contributed by atoms with Crippen molar-refractivity contribution in [3.8, 4) is 22.4 Å². The summed E-state index contributed by atoms with van der Waals surface area (Å²) in [5, 5.41) is 8.89. The van der Waals surface area contributed by atoms with Gasteiger partial charge in [0.2, 0.25) is 0 Å². The van der Waals surface area contributed by atoms with Crippen molar-refractivity contribution < 1.29 is 8.83 Å². The Labute approximate surface area is 228 Å². The van der Waals surface area contributed by atoms with Crippen LogP contribution in [0.5, 0.6) is 0 Å². The second-order valence-corrected chi connectivity index (χ2v) is 10.3. The van der Waals surface area contributed by atoms with E-state index in [0.717, 1.165) is 87.8 Å². The van der Waals surface area contributed by atoms with E-state index >= 15 is 0 Å². The Balaban J connectivity index is 1.46. The molecule has 0 fully saturated rings. The Hall–Kier alpha value is -5.41. The highest BCUT2D eigenvalue weighted by atomic mass is 16.3. The van der Waals surface area contributed by atoms with Crippen LogP contribution in [0.2, 0.25) is 0 Å². The van der Waals surface area contributed by atoms with Gasteiger partial charge in [0, 0.05) is 44.1 Å². The monoisotopic (exact) mass is 511 g/mol. The highest BCUT2D eigenvalue weighted by Gasteiger charge is 2.23. The van der Waals surface area contributed by atoms with E-state index in [4.69, 9.17) is 13.8 Å². The molecular weight excluding hydrogens is 490 g/mol. The van der Waals surface area contributed by atoms with Gasteiger partial charge in [0.15, 0.2) is 0 Å². The molecule has 0 aliphatic rings. The number of hydrogen-bond donors (Lipinski definition) is 0. The van der Waals surface area contributed by atoms with Crippen LogP contribution in [0.4, 0.5) is 0 Å². The van der Waals surface area contributed by atoms with Crippen LogP contribution in [0.1, 0.15) is 0 Å². The maximum Gasteiger partial charge on any atom is 0.147 e. The summed E-state index contributed by atoms with van der Waals surface area (Å²) in [7, 11) is 0. The molecular formula is C37H21NO2. The van der Waals surface area contributed by atoms with Crippen LogP contribution in [-0.4, -0.2) is 4.98 Å². The second-order valence-electron chi connectivity index (χ2n) is 10.3. The summed E-state index contributed by atoms with van der Waals surface area (Å²) in [6, 6.07) is 42.2. The zero-order valence-electron chi connectivity index (χ0n) is 21.4. The molecule has 0 spiro atoms. The predicted molar refractivity (Wildman–Crippen MR) is 165 cm³/mol. The van der Waals surface area contributed by atoms with Crippen LogP contribution < -0.4 is 0 Å². The van der Waals surface area contributed by atoms with E-state index in [2.05, 4.69) is 103 Å². The van der Waals surface area contributed by atoms with Crippen molar-refractivity contribution in [3.05, 3.63) is 128 Å². The van der Waals surface area contributed by atoms with Crippen molar-refractivity contribution in [2.75, 3.05) is 0 Å². The van der Waals surface area contributed by atoms with Crippen LogP contribution in [0.3, 0.4) is 0 Å². The lowest BCUT2D eigenvalue weighted by atomic mass is 9.97. The average Bonchev–Trinajstić information content (AvgIpc) is 3.59. The summed E-state index contributed by atoms with van der Waals surface area (Å²) in [6.45, 7) is 0. The largest absolute Gasteiger partial charge is 0.455 e. The topological polar surface area (TPSA) is 39.2 Å². The van der Waals surface area contributed by atoms with Gasteiger partial charge in [-0.3, -0.25) is 4.98 Å². The minimum atomic E-state index is 0.826. The zero-order valence-corrected chi connectivity index (χ0v) is 21.4. The van der Waals surface area contributed by atoms with Crippen molar-refractivity contribution in [1.29, 1.82) is 0 Å². The standard InChI is InChI=1S/C37H21NO2/c1-2-10-24(11-3-1)32-20-25(18-19-38-32)33-36-30(28-16-14-22-8-4-6-12-26(22)34(28)39-36)21-31-29-17-15-23-9-5-7-13-27(23)35(29)40-37(31)33/h1-21H. The molecule has 3 nitrogen and oxygen atoms in total. The molecule has 0 radical (unpaired) electrons. The summed E-state index contributed by atoms with van der Waals surface area (Å²) in [5.74, 6) is 0. The predicted octanol–water partition coefficient (Wildman–Crippen LogP) is 10.5. The van der Waals surface area contributed by atoms with Crippen molar-refractivity contribution in [3.63, 3.8) is 0 Å². The quantitative estimate of drug-likeness (QED) is 0.232. The minimum absolute atomic E-state index is 0.826. The van der Waals surface area contributed by atoms with Gasteiger partial charge in [0.05, 0.1) is 11.3 Å². The Morgan fingerprint density at radius 1 is 0.400 bits per heavy atom. The summed E-state index contributed by atoms with van der Waals surface area (Å²) in [5.41, 5.74) is 7.39. The van der Waals surface area contributed by atoms with Gasteiger partial charge in [-0.2, -0.15) is 0 Å². The molecule has 3 heteroatoms. The van der Waals surface area contributed by atoms with E-state index in [1.165, 1.54) is 0 Å². The Morgan fingerprint density at radius 3 is 1.60 bits per heavy atom. The summed E-state index contributed by atoms with van der Waals surface area (Å²) in [4.78, 5) is 4.70. The third kappa shape index (κ3) is 2.97. The van der Waals surface area contributed by atoms with Gasteiger partial charge in [-0.25, -0.2) is 0 Å². The molecule has 0 saturated heterocycles. The third-order valence-electron chi connectivity index (χ3n) is 8.10. The van der Waals surface area contributed by atoms with Gasteiger partial charge in [-0.1, -0.05) is 91.0 Å². The highest BCUT2D eigenvalue weighted by Crippen LogP contribution is 2.46. The molecule has 0 aliphatic carbocycles. The molecule has 40 heavy (non-hydrogen) atoms. The SMILES string of the molecule is c1ccc(-c2cc(-c3c4oc5c6ccccc6ccc5c4cc4c3oc3c5ccccc5ccc43)ccn2)cc1. The normalized spacial score (nSPS) is 12.0. The van der Waals surface area contributed by atoms with Crippen molar-refractivity contribution >= 4 is 65.4 Å². The fourth-order valence-corrected chi connectivity index (χ4v) is 6.21. The average molecular weight is 512 g/mol. The Kier molecular flexibility index (Phi) is 4.33. The van der Waals surface area contributed by atoms with E-state index in [1.54, 1.807) is 0 Å². The van der Waals surface area contributed by atoms with E-state index < -0.39 is 0 Å². The lowest BCUT2D eigenvalue weighted by Crippen LogP contribution is -1.86. The molecule has 186 valence electrons. The van der Waals surface area contributed by atoms with Crippen molar-refractivity contribution in [1.82, 2.24) is 4.98 Å². The number of rotatable bonds is 2. The molecule has 6 aromatic carbocycles. The summed E-state index contributed by atoms with van der Waals surface area (Å²) >= 11 is 0. The first kappa shape index (κ1) is 21.5. The first-order chi connectivity index (χ1) is 19.8. The summed E-state index contributed by atoms with van der Waals surface area (Å²) in [6.07, 6.45) is 1.87. The first-order valence-electron chi connectivity index (χ1n) is 13.5. The molecule has 3 aromatic heterocycles.